The Kier molecular flexibility index (Phi) is 8.09. The van der Waals surface area contributed by atoms with Gasteiger partial charge in [0.05, 0.1) is 19.6 Å². The summed E-state index contributed by atoms with van der Waals surface area (Å²) in [6, 6.07) is 7.80. The van der Waals surface area contributed by atoms with Crippen molar-refractivity contribution < 1.29 is 23.9 Å². The molecule has 0 fully saturated rings. The molecule has 0 radical (unpaired) electrons. The number of benzene rings is 1. The highest BCUT2D eigenvalue weighted by molar-refractivity contribution is 5.86. The fourth-order valence-corrected chi connectivity index (χ4v) is 2.26. The van der Waals surface area contributed by atoms with Gasteiger partial charge in [0, 0.05) is 0 Å². The van der Waals surface area contributed by atoms with Crippen molar-refractivity contribution in [2.45, 2.75) is 58.2 Å². The number of hydrogen-bond acceptors (Lipinski definition) is 5. The lowest BCUT2D eigenvalue weighted by atomic mass is 10.0. The molecule has 0 aliphatic rings. The minimum atomic E-state index is -0.770. The SMILES string of the molecule is CC[C@@H](NC(=O)OC(C)(C)C)C(=O)NC(CC(=O)OC)c1ccccc1. The minimum Gasteiger partial charge on any atom is -0.469 e. The molecule has 144 valence electrons. The van der Waals surface area contributed by atoms with Crippen molar-refractivity contribution in [1.29, 1.82) is 0 Å². The van der Waals surface area contributed by atoms with E-state index >= 15 is 0 Å². The Morgan fingerprint density at radius 3 is 2.19 bits per heavy atom. The number of hydrogen-bond donors (Lipinski definition) is 2. The first kappa shape index (κ1) is 21.5. The zero-order chi connectivity index (χ0) is 19.7. The van der Waals surface area contributed by atoms with Crippen LogP contribution in [0, 0.1) is 0 Å². The summed E-state index contributed by atoms with van der Waals surface area (Å²) in [7, 11) is 1.30. The molecule has 0 spiro atoms. The van der Waals surface area contributed by atoms with E-state index in [9.17, 15) is 14.4 Å². The maximum atomic E-state index is 12.6. The van der Waals surface area contributed by atoms with Crippen LogP contribution in [0.25, 0.3) is 0 Å². The summed E-state index contributed by atoms with van der Waals surface area (Å²) in [5, 5.41) is 5.37. The third-order valence-corrected chi connectivity index (χ3v) is 3.53. The number of carbonyl (C=O) groups excluding carboxylic acids is 3. The van der Waals surface area contributed by atoms with E-state index in [0.717, 1.165) is 5.56 Å². The van der Waals surface area contributed by atoms with Gasteiger partial charge in [-0.25, -0.2) is 4.79 Å². The Balaban J connectivity index is 2.82. The van der Waals surface area contributed by atoms with Crippen molar-refractivity contribution in [1.82, 2.24) is 10.6 Å². The molecule has 0 bridgehead atoms. The van der Waals surface area contributed by atoms with Gasteiger partial charge in [-0.3, -0.25) is 9.59 Å². The van der Waals surface area contributed by atoms with Crippen LogP contribution in [0.1, 0.15) is 52.1 Å². The second-order valence-electron chi connectivity index (χ2n) is 6.86. The summed E-state index contributed by atoms with van der Waals surface area (Å²) in [6.45, 7) is 7.01. The molecule has 0 heterocycles. The van der Waals surface area contributed by atoms with E-state index in [2.05, 4.69) is 10.6 Å². The van der Waals surface area contributed by atoms with Crippen molar-refractivity contribution in [3.8, 4) is 0 Å². The largest absolute Gasteiger partial charge is 0.469 e. The van der Waals surface area contributed by atoms with E-state index in [1.54, 1.807) is 27.7 Å². The van der Waals surface area contributed by atoms with Crippen LogP contribution in [-0.4, -0.2) is 36.7 Å². The van der Waals surface area contributed by atoms with Gasteiger partial charge in [-0.1, -0.05) is 37.3 Å². The topological polar surface area (TPSA) is 93.7 Å². The molecular formula is C19H28N2O5. The number of alkyl carbamates (subject to hydrolysis) is 1. The van der Waals surface area contributed by atoms with Crippen molar-refractivity contribution >= 4 is 18.0 Å². The predicted octanol–water partition coefficient (Wildman–Crippen LogP) is 2.71. The first-order valence-electron chi connectivity index (χ1n) is 8.58. The normalized spacial score (nSPS) is 13.3. The Morgan fingerprint density at radius 1 is 1.08 bits per heavy atom. The third kappa shape index (κ3) is 7.55. The standard InChI is InChI=1S/C19H28N2O5/c1-6-14(21-18(24)26-19(2,3)4)17(23)20-15(12-16(22)25-5)13-10-8-7-9-11-13/h7-11,14-15H,6,12H2,1-5H3,(H,20,23)(H,21,24)/t14-,15?/m1/s1. The van der Waals surface area contributed by atoms with Crippen LogP contribution in [0.15, 0.2) is 30.3 Å². The van der Waals surface area contributed by atoms with Crippen molar-refractivity contribution in [3.63, 3.8) is 0 Å². The monoisotopic (exact) mass is 364 g/mol. The van der Waals surface area contributed by atoms with Gasteiger partial charge in [-0.15, -0.1) is 0 Å². The van der Waals surface area contributed by atoms with Gasteiger partial charge in [0.2, 0.25) is 5.91 Å². The maximum absolute atomic E-state index is 12.6. The minimum absolute atomic E-state index is 0.00484. The van der Waals surface area contributed by atoms with Gasteiger partial charge in [-0.05, 0) is 32.8 Å². The highest BCUT2D eigenvalue weighted by Crippen LogP contribution is 2.17. The second-order valence-corrected chi connectivity index (χ2v) is 6.86. The molecule has 2 atom stereocenters. The van der Waals surface area contributed by atoms with Crippen LogP contribution in [0.4, 0.5) is 4.79 Å². The lowest BCUT2D eigenvalue weighted by Crippen LogP contribution is -2.48. The summed E-state index contributed by atoms with van der Waals surface area (Å²) in [5.74, 6) is -0.830. The molecular weight excluding hydrogens is 336 g/mol. The molecule has 0 aliphatic carbocycles. The molecule has 2 amide bonds. The van der Waals surface area contributed by atoms with Crippen LogP contribution in [0.3, 0.4) is 0 Å². The number of nitrogens with one attached hydrogen (secondary N) is 2. The maximum Gasteiger partial charge on any atom is 0.408 e. The van der Waals surface area contributed by atoms with Gasteiger partial charge >= 0.3 is 12.1 Å². The zero-order valence-corrected chi connectivity index (χ0v) is 16.0. The molecule has 2 N–H and O–H groups in total. The number of methoxy groups -OCH3 is 1. The van der Waals surface area contributed by atoms with Gasteiger partial charge in [0.25, 0.3) is 0 Å². The number of amides is 2. The second kappa shape index (κ2) is 9.79. The predicted molar refractivity (Wildman–Crippen MR) is 97.4 cm³/mol. The Bertz CT molecular complexity index is 610. The molecule has 0 saturated heterocycles. The number of ether oxygens (including phenoxy) is 2. The fourth-order valence-electron chi connectivity index (χ4n) is 2.26. The molecule has 1 aromatic carbocycles. The number of rotatable bonds is 7. The summed E-state index contributed by atoms with van der Waals surface area (Å²) >= 11 is 0. The summed E-state index contributed by atoms with van der Waals surface area (Å²) < 4.78 is 9.90. The Hall–Kier alpha value is -2.57. The average molecular weight is 364 g/mol. The number of esters is 1. The fraction of sp³-hybridized carbons (Fsp3) is 0.526. The van der Waals surface area contributed by atoms with Crippen LogP contribution in [0.2, 0.25) is 0 Å². The average Bonchev–Trinajstić information content (AvgIpc) is 2.58. The molecule has 7 nitrogen and oxygen atoms in total. The lowest BCUT2D eigenvalue weighted by Gasteiger charge is -2.25. The van der Waals surface area contributed by atoms with Crippen LogP contribution >= 0.6 is 0 Å². The molecule has 1 rings (SSSR count). The molecule has 0 saturated carbocycles. The van der Waals surface area contributed by atoms with Crippen LogP contribution in [-0.2, 0) is 19.1 Å². The third-order valence-electron chi connectivity index (χ3n) is 3.53. The first-order chi connectivity index (χ1) is 12.2. The summed E-state index contributed by atoms with van der Waals surface area (Å²) in [5.41, 5.74) is 0.120. The van der Waals surface area contributed by atoms with Gasteiger partial charge in [0.15, 0.2) is 0 Å². The zero-order valence-electron chi connectivity index (χ0n) is 16.0. The highest BCUT2D eigenvalue weighted by Gasteiger charge is 2.26. The molecule has 1 unspecified atom stereocenters. The van der Waals surface area contributed by atoms with Gasteiger partial charge < -0.3 is 20.1 Å². The number of carbonyl (C=O) groups is 3. The molecule has 1 aromatic rings. The van der Waals surface area contributed by atoms with E-state index in [4.69, 9.17) is 9.47 Å². The van der Waals surface area contributed by atoms with E-state index in [-0.39, 0.29) is 6.42 Å². The van der Waals surface area contributed by atoms with E-state index in [0.29, 0.717) is 6.42 Å². The van der Waals surface area contributed by atoms with Gasteiger partial charge in [-0.2, -0.15) is 0 Å². The Labute approximate surface area is 154 Å². The van der Waals surface area contributed by atoms with Crippen molar-refractivity contribution in [2.24, 2.45) is 0 Å². The van der Waals surface area contributed by atoms with Crippen LogP contribution < -0.4 is 10.6 Å². The summed E-state index contributed by atoms with van der Waals surface area (Å²) in [4.78, 5) is 36.2. The van der Waals surface area contributed by atoms with E-state index in [1.165, 1.54) is 7.11 Å². The Morgan fingerprint density at radius 2 is 1.69 bits per heavy atom. The molecule has 7 heteroatoms. The lowest BCUT2D eigenvalue weighted by molar-refractivity contribution is -0.141. The molecule has 26 heavy (non-hydrogen) atoms. The van der Waals surface area contributed by atoms with E-state index in [1.807, 2.05) is 30.3 Å². The molecule has 0 aliphatic heterocycles. The quantitative estimate of drug-likeness (QED) is 0.726. The van der Waals surface area contributed by atoms with Gasteiger partial charge in [0.1, 0.15) is 11.6 Å². The van der Waals surface area contributed by atoms with Crippen molar-refractivity contribution in [3.05, 3.63) is 35.9 Å². The highest BCUT2D eigenvalue weighted by atomic mass is 16.6. The first-order valence-corrected chi connectivity index (χ1v) is 8.58. The van der Waals surface area contributed by atoms with Crippen molar-refractivity contribution in [2.75, 3.05) is 7.11 Å². The van der Waals surface area contributed by atoms with Crippen LogP contribution in [0.5, 0.6) is 0 Å². The van der Waals surface area contributed by atoms with E-state index < -0.39 is 35.7 Å². The summed E-state index contributed by atoms with van der Waals surface area (Å²) in [6.07, 6.45) is -0.288. The molecule has 0 aromatic heterocycles. The smallest absolute Gasteiger partial charge is 0.408 e.